The number of amides is 1. The van der Waals surface area contributed by atoms with Gasteiger partial charge in [-0.3, -0.25) is 9.78 Å². The van der Waals surface area contributed by atoms with E-state index in [0.29, 0.717) is 4.88 Å². The van der Waals surface area contributed by atoms with Crippen molar-refractivity contribution < 1.29 is 4.79 Å². The molecule has 1 N–H and O–H groups in total. The number of anilines is 1. The van der Waals surface area contributed by atoms with Crippen LogP contribution in [-0.2, 0) is 6.42 Å². The summed E-state index contributed by atoms with van der Waals surface area (Å²) in [6.07, 6.45) is 5.11. The molecule has 0 fully saturated rings. The lowest BCUT2D eigenvalue weighted by molar-refractivity contribution is 0.0943. The summed E-state index contributed by atoms with van der Waals surface area (Å²) in [6, 6.07) is 6.09. The molecule has 3 rings (SSSR count). The quantitative estimate of drug-likeness (QED) is 0.675. The second kappa shape index (κ2) is 8.43. The van der Waals surface area contributed by atoms with Gasteiger partial charge in [0, 0.05) is 37.9 Å². The lowest BCUT2D eigenvalue weighted by Gasteiger charge is -2.19. The number of hydrogen-bond acceptors (Lipinski definition) is 6. The van der Waals surface area contributed by atoms with Crippen molar-refractivity contribution in [2.45, 2.75) is 39.7 Å². The number of nitrogens with zero attached hydrogens (tertiary/aromatic N) is 4. The molecular weight excluding hydrogens is 358 g/mol. The van der Waals surface area contributed by atoms with E-state index in [0.717, 1.165) is 46.7 Å². The van der Waals surface area contributed by atoms with Gasteiger partial charge in [-0.1, -0.05) is 13.0 Å². The fourth-order valence-corrected chi connectivity index (χ4v) is 3.93. The van der Waals surface area contributed by atoms with Crippen molar-refractivity contribution in [2.24, 2.45) is 0 Å². The van der Waals surface area contributed by atoms with Crippen LogP contribution < -0.4 is 10.2 Å². The van der Waals surface area contributed by atoms with E-state index in [2.05, 4.69) is 32.1 Å². The van der Waals surface area contributed by atoms with Crippen LogP contribution in [0.25, 0.3) is 10.2 Å². The van der Waals surface area contributed by atoms with Gasteiger partial charge >= 0.3 is 0 Å². The molecule has 3 aromatic rings. The Morgan fingerprint density at radius 2 is 2.11 bits per heavy atom. The Kier molecular flexibility index (Phi) is 6.01. The molecule has 0 bridgehead atoms. The minimum atomic E-state index is -0.0352. The monoisotopic (exact) mass is 383 g/mol. The van der Waals surface area contributed by atoms with Gasteiger partial charge in [0.2, 0.25) is 0 Å². The molecule has 0 radical (unpaired) electrons. The van der Waals surface area contributed by atoms with E-state index in [1.807, 2.05) is 45.3 Å². The number of carbonyl (C=O) groups excluding carboxylic acids is 1. The largest absolute Gasteiger partial charge is 0.359 e. The average molecular weight is 384 g/mol. The summed E-state index contributed by atoms with van der Waals surface area (Å²) in [4.78, 5) is 29.6. The molecule has 1 atom stereocenters. The third kappa shape index (κ3) is 4.24. The summed E-state index contributed by atoms with van der Waals surface area (Å²) < 4.78 is 0. The minimum absolute atomic E-state index is 0.0352. The predicted molar refractivity (Wildman–Crippen MR) is 111 cm³/mol. The van der Waals surface area contributed by atoms with E-state index in [4.69, 9.17) is 0 Å². The van der Waals surface area contributed by atoms with Crippen molar-refractivity contribution in [3.8, 4) is 0 Å². The number of thiophene rings is 1. The fourth-order valence-electron chi connectivity index (χ4n) is 2.88. The predicted octanol–water partition coefficient (Wildman–Crippen LogP) is 3.60. The van der Waals surface area contributed by atoms with E-state index in [9.17, 15) is 4.79 Å². The molecule has 6 nitrogen and oxygen atoms in total. The van der Waals surface area contributed by atoms with Crippen molar-refractivity contribution in [1.82, 2.24) is 20.3 Å². The first kappa shape index (κ1) is 19.2. The summed E-state index contributed by atoms with van der Waals surface area (Å²) in [5.41, 5.74) is 1.99. The van der Waals surface area contributed by atoms with Crippen molar-refractivity contribution in [3.63, 3.8) is 0 Å². The van der Waals surface area contributed by atoms with Gasteiger partial charge in [-0.25, -0.2) is 9.97 Å². The number of likely N-dealkylation sites (N-methyl/N-ethyl adjacent to an activating group) is 1. The van der Waals surface area contributed by atoms with Gasteiger partial charge < -0.3 is 10.2 Å². The number of aryl methyl sites for hydroxylation is 1. The van der Waals surface area contributed by atoms with E-state index in [1.165, 1.54) is 11.3 Å². The van der Waals surface area contributed by atoms with Crippen molar-refractivity contribution in [3.05, 3.63) is 46.9 Å². The van der Waals surface area contributed by atoms with Crippen LogP contribution in [0.3, 0.4) is 0 Å². The maximum Gasteiger partial charge on any atom is 0.261 e. The third-order valence-corrected chi connectivity index (χ3v) is 5.89. The molecule has 0 aromatic carbocycles. The molecule has 1 amide bonds. The zero-order chi connectivity index (χ0) is 19.4. The zero-order valence-electron chi connectivity index (χ0n) is 16.2. The summed E-state index contributed by atoms with van der Waals surface area (Å²) in [5, 5.41) is 4.00. The molecule has 0 saturated heterocycles. The Labute approximate surface area is 163 Å². The number of pyridine rings is 1. The number of nitrogens with one attached hydrogen (secondary N) is 1. The van der Waals surface area contributed by atoms with Crippen LogP contribution in [0.4, 0.5) is 5.82 Å². The van der Waals surface area contributed by atoms with Gasteiger partial charge in [0.1, 0.15) is 17.0 Å². The highest BCUT2D eigenvalue weighted by molar-refractivity contribution is 7.20. The average Bonchev–Trinajstić information content (AvgIpc) is 3.03. The normalized spacial score (nSPS) is 12.1. The SMILES string of the molecule is CC[C@H](C)NC(=O)c1sc2ncnc(N(C)CCc3ccccn3)c2c1C. The van der Waals surface area contributed by atoms with E-state index >= 15 is 0 Å². The van der Waals surface area contributed by atoms with Crippen LogP contribution in [0.1, 0.15) is 41.2 Å². The molecule has 0 aliphatic heterocycles. The molecule has 7 heteroatoms. The van der Waals surface area contributed by atoms with Crippen LogP contribution in [0.5, 0.6) is 0 Å². The molecule has 3 heterocycles. The highest BCUT2D eigenvalue weighted by Gasteiger charge is 2.21. The highest BCUT2D eigenvalue weighted by atomic mass is 32.1. The molecular formula is C20H25N5OS. The summed E-state index contributed by atoms with van der Waals surface area (Å²) in [7, 11) is 2.01. The first-order chi connectivity index (χ1) is 13.0. The van der Waals surface area contributed by atoms with Crippen LogP contribution in [0.15, 0.2) is 30.7 Å². The number of aromatic nitrogens is 3. The van der Waals surface area contributed by atoms with Gasteiger partial charge in [-0.2, -0.15) is 0 Å². The van der Waals surface area contributed by atoms with Crippen LogP contribution in [0.2, 0.25) is 0 Å². The number of hydrogen-bond donors (Lipinski definition) is 1. The second-order valence-electron chi connectivity index (χ2n) is 6.71. The zero-order valence-corrected chi connectivity index (χ0v) is 17.0. The first-order valence-corrected chi connectivity index (χ1v) is 9.98. The summed E-state index contributed by atoms with van der Waals surface area (Å²) in [5.74, 6) is 0.819. The second-order valence-corrected chi connectivity index (χ2v) is 7.71. The Morgan fingerprint density at radius 1 is 1.30 bits per heavy atom. The maximum atomic E-state index is 12.6. The lowest BCUT2D eigenvalue weighted by Crippen LogP contribution is -2.31. The Bertz CT molecular complexity index is 925. The van der Waals surface area contributed by atoms with Crippen LogP contribution in [0, 0.1) is 6.92 Å². The molecule has 0 aliphatic rings. The molecule has 0 saturated carbocycles. The van der Waals surface area contributed by atoms with E-state index in [-0.39, 0.29) is 11.9 Å². The smallest absolute Gasteiger partial charge is 0.261 e. The molecule has 0 aliphatic carbocycles. The lowest BCUT2D eigenvalue weighted by atomic mass is 10.1. The Hall–Kier alpha value is -2.54. The van der Waals surface area contributed by atoms with Gasteiger partial charge in [0.05, 0.1) is 10.3 Å². The number of rotatable bonds is 7. The molecule has 0 spiro atoms. The molecule has 0 unspecified atom stereocenters. The summed E-state index contributed by atoms with van der Waals surface area (Å²) >= 11 is 1.43. The molecule has 142 valence electrons. The Balaban J connectivity index is 1.86. The standard InChI is InChI=1S/C20H25N5OS/c1-5-13(2)24-19(26)17-14(3)16-18(22-12-23-20(16)27-17)25(4)11-9-15-8-6-7-10-21-15/h6-8,10,12-13H,5,9,11H2,1-4H3,(H,24,26)/t13-/m0/s1. The van der Waals surface area contributed by atoms with Crippen LogP contribution >= 0.6 is 11.3 Å². The van der Waals surface area contributed by atoms with Crippen molar-refractivity contribution in [2.75, 3.05) is 18.5 Å². The van der Waals surface area contributed by atoms with Crippen LogP contribution in [-0.4, -0.2) is 40.5 Å². The van der Waals surface area contributed by atoms with Gasteiger partial charge in [-0.15, -0.1) is 11.3 Å². The Morgan fingerprint density at radius 3 is 2.81 bits per heavy atom. The topological polar surface area (TPSA) is 71.0 Å². The van der Waals surface area contributed by atoms with E-state index in [1.54, 1.807) is 6.33 Å². The van der Waals surface area contributed by atoms with E-state index < -0.39 is 0 Å². The van der Waals surface area contributed by atoms with Crippen molar-refractivity contribution >= 4 is 33.3 Å². The summed E-state index contributed by atoms with van der Waals surface area (Å²) in [6.45, 7) is 6.83. The number of carbonyl (C=O) groups is 1. The van der Waals surface area contributed by atoms with Gasteiger partial charge in [-0.05, 0) is 38.0 Å². The van der Waals surface area contributed by atoms with Crippen molar-refractivity contribution in [1.29, 1.82) is 0 Å². The minimum Gasteiger partial charge on any atom is -0.359 e. The highest BCUT2D eigenvalue weighted by Crippen LogP contribution is 2.34. The maximum absolute atomic E-state index is 12.6. The molecule has 27 heavy (non-hydrogen) atoms. The van der Waals surface area contributed by atoms with Gasteiger partial charge in [0.25, 0.3) is 5.91 Å². The fraction of sp³-hybridized carbons (Fsp3) is 0.400. The third-order valence-electron chi connectivity index (χ3n) is 4.69. The number of fused-ring (bicyclic) bond motifs is 1. The first-order valence-electron chi connectivity index (χ1n) is 9.17. The van der Waals surface area contributed by atoms with Gasteiger partial charge in [0.15, 0.2) is 0 Å². The molecule has 3 aromatic heterocycles.